The highest BCUT2D eigenvalue weighted by Crippen LogP contribution is 2.31. The third-order valence-electron chi connectivity index (χ3n) is 2.94. The zero-order chi connectivity index (χ0) is 15.6. The summed E-state index contributed by atoms with van der Waals surface area (Å²) >= 11 is 11.9. The van der Waals surface area contributed by atoms with Gasteiger partial charge in [0.2, 0.25) is 11.1 Å². The van der Waals surface area contributed by atoms with Gasteiger partial charge in [-0.2, -0.15) is 4.98 Å². The van der Waals surface area contributed by atoms with Crippen LogP contribution in [-0.2, 0) is 0 Å². The van der Waals surface area contributed by atoms with Crippen molar-refractivity contribution >= 4 is 34.7 Å². The molecule has 1 N–H and O–H groups in total. The number of anilines is 1. The molecule has 0 radical (unpaired) electrons. The van der Waals surface area contributed by atoms with Crippen molar-refractivity contribution in [2.75, 3.05) is 5.32 Å². The Morgan fingerprint density at radius 2 is 1.95 bits per heavy atom. The van der Waals surface area contributed by atoms with Crippen LogP contribution in [0.5, 0.6) is 0 Å². The van der Waals surface area contributed by atoms with E-state index in [1.807, 2.05) is 25.1 Å². The Morgan fingerprint density at radius 3 is 2.57 bits per heavy atom. The largest absolute Gasteiger partial charge is 0.358 e. The molecule has 1 heterocycles. The molecule has 110 valence electrons. The minimum absolute atomic E-state index is 0.0491. The molecule has 0 aliphatic carbocycles. The van der Waals surface area contributed by atoms with Crippen LogP contribution in [0, 0.1) is 17.0 Å². The van der Waals surface area contributed by atoms with Gasteiger partial charge in [0.05, 0.1) is 11.0 Å². The standard InChI is InChI=1S/C13H12Cl2N4O2/c1-7(9-5-3-4-6-10(9)14)16-12-11(19(20)21)8(2)17-13(15)18-12/h3-7H,1-2H3,(H,16,17,18). The smallest absolute Gasteiger partial charge is 0.332 e. The molecule has 21 heavy (non-hydrogen) atoms. The number of rotatable bonds is 4. The van der Waals surface area contributed by atoms with Gasteiger partial charge in [-0.1, -0.05) is 29.8 Å². The molecule has 0 aliphatic heterocycles. The Morgan fingerprint density at radius 1 is 1.29 bits per heavy atom. The fraction of sp³-hybridized carbons (Fsp3) is 0.231. The topological polar surface area (TPSA) is 81.0 Å². The van der Waals surface area contributed by atoms with E-state index in [2.05, 4.69) is 15.3 Å². The van der Waals surface area contributed by atoms with Crippen molar-refractivity contribution in [3.8, 4) is 0 Å². The lowest BCUT2D eigenvalue weighted by atomic mass is 10.1. The third-order valence-corrected chi connectivity index (χ3v) is 3.45. The number of nitrogens with one attached hydrogen (secondary N) is 1. The maximum Gasteiger partial charge on any atom is 0.332 e. The minimum atomic E-state index is -0.534. The number of hydrogen-bond donors (Lipinski definition) is 1. The van der Waals surface area contributed by atoms with Crippen LogP contribution in [0.15, 0.2) is 24.3 Å². The summed E-state index contributed by atoms with van der Waals surface area (Å²) in [4.78, 5) is 18.3. The normalized spacial score (nSPS) is 12.0. The van der Waals surface area contributed by atoms with E-state index in [0.29, 0.717) is 5.02 Å². The Balaban J connectivity index is 2.40. The molecule has 1 atom stereocenters. The maximum atomic E-state index is 11.2. The molecule has 1 aromatic carbocycles. The summed E-state index contributed by atoms with van der Waals surface area (Å²) in [6.45, 7) is 3.34. The van der Waals surface area contributed by atoms with Crippen molar-refractivity contribution < 1.29 is 4.92 Å². The van der Waals surface area contributed by atoms with Gasteiger partial charge in [-0.15, -0.1) is 0 Å². The van der Waals surface area contributed by atoms with E-state index in [1.54, 1.807) is 6.07 Å². The zero-order valence-corrected chi connectivity index (χ0v) is 12.8. The molecule has 1 aromatic heterocycles. The number of nitro groups is 1. The molecule has 0 spiro atoms. The van der Waals surface area contributed by atoms with Crippen molar-refractivity contribution in [1.82, 2.24) is 9.97 Å². The molecule has 2 rings (SSSR count). The Hall–Kier alpha value is -1.92. The minimum Gasteiger partial charge on any atom is -0.358 e. The summed E-state index contributed by atoms with van der Waals surface area (Å²) in [7, 11) is 0. The fourth-order valence-corrected chi connectivity index (χ4v) is 2.47. The highest BCUT2D eigenvalue weighted by atomic mass is 35.5. The predicted octanol–water partition coefficient (Wildman–Crippen LogP) is 4.17. The van der Waals surface area contributed by atoms with Crippen molar-refractivity contribution in [2.24, 2.45) is 0 Å². The van der Waals surface area contributed by atoms with Crippen molar-refractivity contribution in [1.29, 1.82) is 0 Å². The van der Waals surface area contributed by atoms with E-state index >= 15 is 0 Å². The first-order valence-corrected chi connectivity index (χ1v) is 6.85. The molecule has 2 aromatic rings. The number of aromatic nitrogens is 2. The summed E-state index contributed by atoms with van der Waals surface area (Å²) in [5.74, 6) is 0.0740. The molecule has 0 saturated carbocycles. The zero-order valence-electron chi connectivity index (χ0n) is 11.3. The second kappa shape index (κ2) is 6.24. The second-order valence-corrected chi connectivity index (χ2v) is 5.17. The quantitative estimate of drug-likeness (QED) is 0.518. The van der Waals surface area contributed by atoms with Gasteiger partial charge < -0.3 is 5.32 Å². The van der Waals surface area contributed by atoms with E-state index in [0.717, 1.165) is 5.56 Å². The number of hydrogen-bond acceptors (Lipinski definition) is 5. The van der Waals surface area contributed by atoms with Gasteiger partial charge in [-0.25, -0.2) is 4.98 Å². The number of nitrogens with zero attached hydrogens (tertiary/aromatic N) is 3. The maximum absolute atomic E-state index is 11.2. The number of halogens is 2. The summed E-state index contributed by atoms with van der Waals surface area (Å²) in [5, 5.41) is 14.6. The molecule has 0 bridgehead atoms. The Kier molecular flexibility index (Phi) is 4.59. The molecular formula is C13H12Cl2N4O2. The van der Waals surface area contributed by atoms with Crippen LogP contribution in [0.4, 0.5) is 11.5 Å². The lowest BCUT2D eigenvalue weighted by Gasteiger charge is -2.16. The highest BCUT2D eigenvalue weighted by molar-refractivity contribution is 6.31. The van der Waals surface area contributed by atoms with E-state index in [4.69, 9.17) is 23.2 Å². The van der Waals surface area contributed by atoms with Crippen molar-refractivity contribution in [3.63, 3.8) is 0 Å². The van der Waals surface area contributed by atoms with Crippen LogP contribution < -0.4 is 5.32 Å². The third kappa shape index (κ3) is 3.40. The Bertz CT molecular complexity index is 694. The van der Waals surface area contributed by atoms with Crippen LogP contribution >= 0.6 is 23.2 Å². The molecule has 0 amide bonds. The Labute approximate surface area is 131 Å². The molecule has 0 fully saturated rings. The predicted molar refractivity (Wildman–Crippen MR) is 81.9 cm³/mol. The van der Waals surface area contributed by atoms with Crippen LogP contribution in [-0.4, -0.2) is 14.9 Å². The molecule has 6 nitrogen and oxygen atoms in total. The van der Waals surface area contributed by atoms with Gasteiger partial charge in [0.25, 0.3) is 0 Å². The first-order valence-electron chi connectivity index (χ1n) is 6.09. The molecule has 0 saturated heterocycles. The van der Waals surface area contributed by atoms with Crippen LogP contribution in [0.25, 0.3) is 0 Å². The first kappa shape index (κ1) is 15.5. The summed E-state index contributed by atoms with van der Waals surface area (Å²) in [5.41, 5.74) is 0.813. The van der Waals surface area contributed by atoms with Crippen LogP contribution in [0.2, 0.25) is 10.3 Å². The average molecular weight is 327 g/mol. The summed E-state index contributed by atoms with van der Waals surface area (Å²) in [6, 6.07) is 6.96. The lowest BCUT2D eigenvalue weighted by Crippen LogP contribution is -2.12. The van der Waals surface area contributed by atoms with Gasteiger partial charge in [0.15, 0.2) is 0 Å². The van der Waals surface area contributed by atoms with Crippen molar-refractivity contribution in [2.45, 2.75) is 19.9 Å². The summed E-state index contributed by atoms with van der Waals surface area (Å²) < 4.78 is 0. The second-order valence-electron chi connectivity index (χ2n) is 4.42. The van der Waals surface area contributed by atoms with Gasteiger partial charge in [-0.3, -0.25) is 10.1 Å². The van der Waals surface area contributed by atoms with E-state index in [1.165, 1.54) is 6.92 Å². The van der Waals surface area contributed by atoms with Gasteiger partial charge in [-0.05, 0) is 37.1 Å². The van der Waals surface area contributed by atoms with Gasteiger partial charge in [0, 0.05) is 5.02 Å². The van der Waals surface area contributed by atoms with E-state index in [9.17, 15) is 10.1 Å². The highest BCUT2D eigenvalue weighted by Gasteiger charge is 2.23. The van der Waals surface area contributed by atoms with Crippen LogP contribution in [0.1, 0.15) is 24.2 Å². The summed E-state index contributed by atoms with van der Waals surface area (Å²) in [6.07, 6.45) is 0. The first-order chi connectivity index (χ1) is 9.90. The monoisotopic (exact) mass is 326 g/mol. The lowest BCUT2D eigenvalue weighted by molar-refractivity contribution is -0.385. The average Bonchev–Trinajstić information content (AvgIpc) is 2.37. The number of aryl methyl sites for hydroxylation is 1. The van der Waals surface area contributed by atoms with E-state index in [-0.39, 0.29) is 28.5 Å². The fourth-order valence-electron chi connectivity index (χ4n) is 1.96. The molecule has 0 aliphatic rings. The van der Waals surface area contributed by atoms with Crippen LogP contribution in [0.3, 0.4) is 0 Å². The van der Waals surface area contributed by atoms with Gasteiger partial charge >= 0.3 is 5.69 Å². The molecule has 1 unspecified atom stereocenters. The SMILES string of the molecule is Cc1nc(Cl)nc(NC(C)c2ccccc2Cl)c1[N+](=O)[O-]. The van der Waals surface area contributed by atoms with E-state index < -0.39 is 4.92 Å². The van der Waals surface area contributed by atoms with Gasteiger partial charge in [0.1, 0.15) is 5.69 Å². The molecular weight excluding hydrogens is 315 g/mol. The molecule has 8 heteroatoms. The number of benzene rings is 1. The van der Waals surface area contributed by atoms with Crippen molar-refractivity contribution in [3.05, 3.63) is 55.9 Å².